The van der Waals surface area contributed by atoms with Crippen LogP contribution in [-0.2, 0) is 0 Å². The van der Waals surface area contributed by atoms with E-state index in [9.17, 15) is 9.90 Å². The number of carboxylic acid groups (broad SMARTS) is 1. The first-order valence-corrected chi connectivity index (χ1v) is 5.39. The largest absolute Gasteiger partial charge is 0.508 e. The summed E-state index contributed by atoms with van der Waals surface area (Å²) >= 11 is 1.11. The highest BCUT2D eigenvalue weighted by Gasteiger charge is 2.14. The Morgan fingerprint density at radius 1 is 1.44 bits per heavy atom. The van der Waals surface area contributed by atoms with E-state index < -0.39 is 5.97 Å². The molecule has 0 aliphatic carbocycles. The quantitative estimate of drug-likeness (QED) is 0.839. The fourth-order valence-corrected chi connectivity index (χ4v) is 2.26. The van der Waals surface area contributed by atoms with E-state index in [1.54, 1.807) is 31.2 Å². The molecule has 0 amide bonds. The van der Waals surface area contributed by atoms with Gasteiger partial charge in [0.15, 0.2) is 0 Å². The van der Waals surface area contributed by atoms with Gasteiger partial charge in [0.1, 0.15) is 15.6 Å². The van der Waals surface area contributed by atoms with Gasteiger partial charge in [0, 0.05) is 5.56 Å². The number of aromatic nitrogens is 1. The number of hydrogen-bond donors (Lipinski definition) is 2. The zero-order chi connectivity index (χ0) is 11.7. The average Bonchev–Trinajstić information content (AvgIpc) is 2.60. The molecule has 0 radical (unpaired) electrons. The van der Waals surface area contributed by atoms with Crippen molar-refractivity contribution in [1.29, 1.82) is 0 Å². The molecule has 0 atom stereocenters. The van der Waals surface area contributed by atoms with Gasteiger partial charge in [-0.3, -0.25) is 0 Å². The molecule has 1 aromatic heterocycles. The molecular weight excluding hydrogens is 226 g/mol. The van der Waals surface area contributed by atoms with E-state index in [1.807, 2.05) is 0 Å². The van der Waals surface area contributed by atoms with Crippen molar-refractivity contribution < 1.29 is 15.0 Å². The van der Waals surface area contributed by atoms with Crippen LogP contribution in [0, 0.1) is 6.92 Å². The summed E-state index contributed by atoms with van der Waals surface area (Å²) in [6.45, 7) is 1.66. The molecule has 2 aromatic rings. The van der Waals surface area contributed by atoms with Crippen LogP contribution in [0.5, 0.6) is 5.75 Å². The first kappa shape index (κ1) is 10.6. The van der Waals surface area contributed by atoms with Crippen LogP contribution in [0.2, 0.25) is 0 Å². The Hall–Kier alpha value is -1.88. The number of rotatable bonds is 2. The monoisotopic (exact) mass is 235 g/mol. The minimum absolute atomic E-state index is 0.141. The van der Waals surface area contributed by atoms with Gasteiger partial charge < -0.3 is 10.2 Å². The molecule has 0 spiro atoms. The summed E-state index contributed by atoms with van der Waals surface area (Å²) in [6.07, 6.45) is 0. The van der Waals surface area contributed by atoms with Crippen LogP contribution in [0.25, 0.3) is 10.6 Å². The molecule has 0 saturated heterocycles. The lowest BCUT2D eigenvalue weighted by atomic mass is 10.2. The fraction of sp³-hybridized carbons (Fsp3) is 0.0909. The van der Waals surface area contributed by atoms with E-state index in [0.29, 0.717) is 10.7 Å². The van der Waals surface area contributed by atoms with Crippen molar-refractivity contribution in [3.05, 3.63) is 34.8 Å². The number of carbonyl (C=O) groups is 1. The Bertz CT molecular complexity index is 548. The second-order valence-electron chi connectivity index (χ2n) is 3.29. The zero-order valence-electron chi connectivity index (χ0n) is 8.47. The average molecular weight is 235 g/mol. The maximum atomic E-state index is 10.9. The minimum Gasteiger partial charge on any atom is -0.508 e. The number of aromatic carboxylic acids is 1. The van der Waals surface area contributed by atoms with Crippen LogP contribution < -0.4 is 0 Å². The molecule has 16 heavy (non-hydrogen) atoms. The molecule has 0 saturated carbocycles. The molecule has 1 aromatic carbocycles. The SMILES string of the molecule is Cc1nc(-c2cccc(O)c2)sc1C(=O)O. The summed E-state index contributed by atoms with van der Waals surface area (Å²) in [6, 6.07) is 6.59. The first-order chi connectivity index (χ1) is 7.58. The molecule has 0 fully saturated rings. The Labute approximate surface area is 95.8 Å². The standard InChI is InChI=1S/C11H9NO3S/c1-6-9(11(14)15)16-10(12-6)7-3-2-4-8(13)5-7/h2-5,13H,1H3,(H,14,15). The van der Waals surface area contributed by atoms with Gasteiger partial charge in [0.2, 0.25) is 0 Å². The van der Waals surface area contributed by atoms with E-state index in [-0.39, 0.29) is 10.6 Å². The smallest absolute Gasteiger partial charge is 0.347 e. The number of nitrogens with zero attached hydrogens (tertiary/aromatic N) is 1. The number of hydrogen-bond acceptors (Lipinski definition) is 4. The van der Waals surface area contributed by atoms with Gasteiger partial charge in [-0.25, -0.2) is 9.78 Å². The van der Waals surface area contributed by atoms with Gasteiger partial charge in [0.05, 0.1) is 5.69 Å². The number of aryl methyl sites for hydroxylation is 1. The summed E-state index contributed by atoms with van der Waals surface area (Å²) in [5.74, 6) is -0.830. The van der Waals surface area contributed by atoms with Crippen LogP contribution in [0.1, 0.15) is 15.4 Å². The van der Waals surface area contributed by atoms with E-state index in [0.717, 1.165) is 16.9 Å². The van der Waals surface area contributed by atoms with Gasteiger partial charge in [-0.05, 0) is 19.1 Å². The zero-order valence-corrected chi connectivity index (χ0v) is 9.28. The van der Waals surface area contributed by atoms with Crippen LogP contribution in [0.15, 0.2) is 24.3 Å². The van der Waals surface area contributed by atoms with Crippen LogP contribution in [-0.4, -0.2) is 21.2 Å². The molecule has 4 nitrogen and oxygen atoms in total. The van der Waals surface area contributed by atoms with Crippen molar-refractivity contribution >= 4 is 17.3 Å². The van der Waals surface area contributed by atoms with Crippen LogP contribution in [0.3, 0.4) is 0 Å². The number of carboxylic acids is 1. The van der Waals surface area contributed by atoms with E-state index in [2.05, 4.69) is 4.98 Å². The van der Waals surface area contributed by atoms with Crippen molar-refractivity contribution in [3.8, 4) is 16.3 Å². The molecule has 5 heteroatoms. The molecule has 0 aliphatic rings. The Kier molecular flexibility index (Phi) is 2.62. The number of phenols is 1. The van der Waals surface area contributed by atoms with Gasteiger partial charge in [0.25, 0.3) is 0 Å². The third-order valence-electron chi connectivity index (χ3n) is 2.08. The Morgan fingerprint density at radius 3 is 2.75 bits per heavy atom. The summed E-state index contributed by atoms with van der Waals surface area (Å²) in [4.78, 5) is 15.3. The fourth-order valence-electron chi connectivity index (χ4n) is 1.36. The molecule has 2 N–H and O–H groups in total. The first-order valence-electron chi connectivity index (χ1n) is 4.58. The number of phenolic OH excluding ortho intramolecular Hbond substituents is 1. The lowest BCUT2D eigenvalue weighted by molar-refractivity contribution is 0.0701. The van der Waals surface area contributed by atoms with Crippen molar-refractivity contribution in [1.82, 2.24) is 4.98 Å². The van der Waals surface area contributed by atoms with E-state index in [1.165, 1.54) is 0 Å². The van der Waals surface area contributed by atoms with Crippen molar-refractivity contribution in [3.63, 3.8) is 0 Å². The van der Waals surface area contributed by atoms with Crippen molar-refractivity contribution in [2.45, 2.75) is 6.92 Å². The number of aromatic hydroxyl groups is 1. The van der Waals surface area contributed by atoms with Crippen molar-refractivity contribution in [2.24, 2.45) is 0 Å². The molecule has 0 aliphatic heterocycles. The third kappa shape index (κ3) is 1.90. The molecule has 82 valence electrons. The summed E-state index contributed by atoms with van der Waals surface area (Å²) in [5, 5.41) is 18.8. The third-order valence-corrected chi connectivity index (χ3v) is 3.28. The predicted octanol–water partition coefficient (Wildman–Crippen LogP) is 2.52. The maximum absolute atomic E-state index is 10.9. The summed E-state index contributed by atoms with van der Waals surface area (Å²) in [5.41, 5.74) is 1.22. The Balaban J connectivity index is 2.49. The lowest BCUT2D eigenvalue weighted by Gasteiger charge is -1.95. The van der Waals surface area contributed by atoms with Gasteiger partial charge in [-0.15, -0.1) is 11.3 Å². The van der Waals surface area contributed by atoms with E-state index >= 15 is 0 Å². The van der Waals surface area contributed by atoms with Gasteiger partial charge in [-0.2, -0.15) is 0 Å². The molecule has 2 rings (SSSR count). The lowest BCUT2D eigenvalue weighted by Crippen LogP contribution is -1.94. The molecule has 1 heterocycles. The normalized spacial score (nSPS) is 10.3. The summed E-state index contributed by atoms with van der Waals surface area (Å²) in [7, 11) is 0. The summed E-state index contributed by atoms with van der Waals surface area (Å²) < 4.78 is 0. The van der Waals surface area contributed by atoms with Gasteiger partial charge >= 0.3 is 5.97 Å². The predicted molar refractivity (Wildman–Crippen MR) is 60.9 cm³/mol. The van der Waals surface area contributed by atoms with Crippen LogP contribution in [0.4, 0.5) is 0 Å². The maximum Gasteiger partial charge on any atom is 0.347 e. The highest BCUT2D eigenvalue weighted by molar-refractivity contribution is 7.17. The molecular formula is C11H9NO3S. The number of benzene rings is 1. The minimum atomic E-state index is -0.971. The molecule has 0 unspecified atom stereocenters. The van der Waals surface area contributed by atoms with Crippen molar-refractivity contribution in [2.75, 3.05) is 0 Å². The highest BCUT2D eigenvalue weighted by Crippen LogP contribution is 2.29. The highest BCUT2D eigenvalue weighted by atomic mass is 32.1. The second-order valence-corrected chi connectivity index (χ2v) is 4.29. The molecule has 0 bridgehead atoms. The van der Waals surface area contributed by atoms with Gasteiger partial charge in [-0.1, -0.05) is 12.1 Å². The van der Waals surface area contributed by atoms with Crippen LogP contribution >= 0.6 is 11.3 Å². The number of thiazole rings is 1. The van der Waals surface area contributed by atoms with E-state index in [4.69, 9.17) is 5.11 Å². The second kappa shape index (κ2) is 3.94. The topological polar surface area (TPSA) is 70.4 Å². The Morgan fingerprint density at radius 2 is 2.19 bits per heavy atom.